The molecule has 7 nitrogen and oxygen atoms in total. The summed E-state index contributed by atoms with van der Waals surface area (Å²) in [6.45, 7) is 2.75. The summed E-state index contributed by atoms with van der Waals surface area (Å²) in [5.41, 5.74) is 0.858. The normalized spacial score (nSPS) is 20.7. The lowest BCUT2D eigenvalue weighted by Crippen LogP contribution is -2.49. The zero-order valence-electron chi connectivity index (χ0n) is 11.9. The van der Waals surface area contributed by atoms with Gasteiger partial charge in [-0.25, -0.2) is 0 Å². The topological polar surface area (TPSA) is 74.1 Å². The molecule has 114 valence electrons. The van der Waals surface area contributed by atoms with Crippen LogP contribution in [0.4, 0.5) is 11.4 Å². The molecule has 0 radical (unpaired) electrons. The van der Waals surface area contributed by atoms with E-state index in [1.54, 1.807) is 12.1 Å². The molecule has 0 saturated carbocycles. The third-order valence-electron chi connectivity index (χ3n) is 3.96. The van der Waals surface area contributed by atoms with Crippen molar-refractivity contribution in [2.24, 2.45) is 0 Å². The number of methoxy groups -OCH3 is 1. The molecule has 1 aromatic carbocycles. The summed E-state index contributed by atoms with van der Waals surface area (Å²) >= 11 is 0. The second kappa shape index (κ2) is 5.50. The number of nitrogens with zero attached hydrogens (tertiary/aromatic N) is 2. The Balaban J connectivity index is 1.84. The molecule has 0 aromatic heterocycles. The van der Waals surface area contributed by atoms with Crippen LogP contribution in [0.1, 0.15) is 12.8 Å². The van der Waals surface area contributed by atoms with E-state index in [4.69, 9.17) is 14.2 Å². The molecule has 7 heteroatoms. The van der Waals surface area contributed by atoms with Crippen molar-refractivity contribution in [2.75, 3.05) is 38.3 Å². The van der Waals surface area contributed by atoms with Gasteiger partial charge in [0.25, 0.3) is 0 Å². The second-order valence-corrected chi connectivity index (χ2v) is 5.25. The largest absolute Gasteiger partial charge is 0.490 e. The maximum Gasteiger partial charge on any atom is 0.311 e. The van der Waals surface area contributed by atoms with Gasteiger partial charge >= 0.3 is 5.69 Å². The van der Waals surface area contributed by atoms with Crippen molar-refractivity contribution in [2.45, 2.75) is 18.6 Å². The van der Waals surface area contributed by atoms with Gasteiger partial charge in [-0.15, -0.1) is 0 Å². The fraction of sp³-hybridized carbons (Fsp3) is 0.571. The Morgan fingerprint density at radius 1 is 1.38 bits per heavy atom. The van der Waals surface area contributed by atoms with Crippen LogP contribution in [0.2, 0.25) is 0 Å². The molecule has 2 aliphatic heterocycles. The second-order valence-electron chi connectivity index (χ2n) is 5.25. The SMILES string of the molecule is COc1cc(N2CCCC3(C2)OCCO3)ccc1[N+](=O)[O-]. The van der Waals surface area contributed by atoms with Gasteiger partial charge in [0.05, 0.1) is 31.8 Å². The maximum atomic E-state index is 10.9. The van der Waals surface area contributed by atoms with Crippen molar-refractivity contribution in [1.82, 2.24) is 0 Å². The minimum atomic E-state index is -0.521. The minimum absolute atomic E-state index is 0.0265. The fourth-order valence-corrected chi connectivity index (χ4v) is 2.96. The van der Waals surface area contributed by atoms with E-state index in [9.17, 15) is 10.1 Å². The van der Waals surface area contributed by atoms with Crippen LogP contribution in [-0.2, 0) is 9.47 Å². The van der Waals surface area contributed by atoms with E-state index in [-0.39, 0.29) is 11.4 Å². The van der Waals surface area contributed by atoms with Crippen LogP contribution >= 0.6 is 0 Å². The first-order valence-electron chi connectivity index (χ1n) is 6.99. The predicted molar refractivity (Wildman–Crippen MR) is 75.7 cm³/mol. The number of benzene rings is 1. The van der Waals surface area contributed by atoms with E-state index in [0.717, 1.165) is 25.1 Å². The van der Waals surface area contributed by atoms with E-state index in [1.165, 1.54) is 13.2 Å². The quantitative estimate of drug-likeness (QED) is 0.626. The summed E-state index contributed by atoms with van der Waals surface area (Å²) in [5, 5.41) is 10.9. The Hall–Kier alpha value is -1.86. The molecule has 21 heavy (non-hydrogen) atoms. The third kappa shape index (κ3) is 2.66. The zero-order valence-corrected chi connectivity index (χ0v) is 11.9. The van der Waals surface area contributed by atoms with Gasteiger partial charge in [0.15, 0.2) is 11.5 Å². The monoisotopic (exact) mass is 294 g/mol. The van der Waals surface area contributed by atoms with Crippen molar-refractivity contribution in [3.8, 4) is 5.75 Å². The lowest BCUT2D eigenvalue weighted by Gasteiger charge is -2.39. The molecule has 2 heterocycles. The van der Waals surface area contributed by atoms with Crippen LogP contribution in [0.15, 0.2) is 18.2 Å². The summed E-state index contributed by atoms with van der Waals surface area (Å²) in [7, 11) is 1.44. The molecule has 0 amide bonds. The average Bonchev–Trinajstić information content (AvgIpc) is 2.94. The number of piperidine rings is 1. The van der Waals surface area contributed by atoms with Crippen LogP contribution in [-0.4, -0.2) is 44.1 Å². The Morgan fingerprint density at radius 3 is 2.81 bits per heavy atom. The number of rotatable bonds is 3. The standard InChI is InChI=1S/C14H18N2O5/c1-19-13-9-11(3-4-12(13)16(17)18)15-6-2-5-14(10-15)20-7-8-21-14/h3-4,9H,2,5-8,10H2,1H3. The molecular formula is C14H18N2O5. The van der Waals surface area contributed by atoms with E-state index in [2.05, 4.69) is 4.90 Å². The minimum Gasteiger partial charge on any atom is -0.490 e. The van der Waals surface area contributed by atoms with Gasteiger partial charge in [0.2, 0.25) is 0 Å². The first kappa shape index (κ1) is 14.1. The van der Waals surface area contributed by atoms with Crippen LogP contribution in [0, 0.1) is 10.1 Å². The van der Waals surface area contributed by atoms with Crippen molar-refractivity contribution in [1.29, 1.82) is 0 Å². The van der Waals surface area contributed by atoms with Crippen molar-refractivity contribution in [3.05, 3.63) is 28.3 Å². The van der Waals surface area contributed by atoms with Crippen LogP contribution in [0.3, 0.4) is 0 Å². The van der Waals surface area contributed by atoms with Crippen molar-refractivity contribution >= 4 is 11.4 Å². The molecular weight excluding hydrogens is 276 g/mol. The Labute approximate surface area is 122 Å². The summed E-state index contributed by atoms with van der Waals surface area (Å²) in [6.07, 6.45) is 1.84. The first-order chi connectivity index (χ1) is 10.1. The van der Waals surface area contributed by atoms with Gasteiger partial charge in [-0.05, 0) is 12.5 Å². The van der Waals surface area contributed by atoms with E-state index in [0.29, 0.717) is 19.8 Å². The summed E-state index contributed by atoms with van der Waals surface area (Å²) < 4.78 is 16.6. The summed E-state index contributed by atoms with van der Waals surface area (Å²) in [6, 6.07) is 4.92. The Morgan fingerprint density at radius 2 is 2.14 bits per heavy atom. The molecule has 3 rings (SSSR count). The molecule has 1 aromatic rings. The van der Waals surface area contributed by atoms with E-state index >= 15 is 0 Å². The molecule has 2 saturated heterocycles. The molecule has 0 unspecified atom stereocenters. The Bertz CT molecular complexity index is 542. The average molecular weight is 294 g/mol. The number of nitro benzene ring substituents is 1. The molecule has 2 fully saturated rings. The molecule has 2 aliphatic rings. The highest BCUT2D eigenvalue weighted by molar-refractivity contribution is 5.59. The molecule has 0 N–H and O–H groups in total. The number of hydrogen-bond acceptors (Lipinski definition) is 6. The van der Waals surface area contributed by atoms with Crippen molar-refractivity contribution in [3.63, 3.8) is 0 Å². The molecule has 0 atom stereocenters. The highest BCUT2D eigenvalue weighted by Crippen LogP contribution is 2.36. The number of hydrogen-bond donors (Lipinski definition) is 0. The Kier molecular flexibility index (Phi) is 3.69. The lowest BCUT2D eigenvalue weighted by molar-refractivity contribution is -0.385. The summed E-state index contributed by atoms with van der Waals surface area (Å²) in [5.74, 6) is -0.252. The smallest absolute Gasteiger partial charge is 0.311 e. The molecule has 0 aliphatic carbocycles. The maximum absolute atomic E-state index is 10.9. The lowest BCUT2D eigenvalue weighted by atomic mass is 10.0. The highest BCUT2D eigenvalue weighted by Gasteiger charge is 2.41. The highest BCUT2D eigenvalue weighted by atomic mass is 16.7. The van der Waals surface area contributed by atoms with Gasteiger partial charge in [-0.3, -0.25) is 10.1 Å². The van der Waals surface area contributed by atoms with Crippen LogP contribution in [0.25, 0.3) is 0 Å². The fourth-order valence-electron chi connectivity index (χ4n) is 2.96. The third-order valence-corrected chi connectivity index (χ3v) is 3.96. The number of anilines is 1. The first-order valence-corrected chi connectivity index (χ1v) is 6.99. The molecule has 1 spiro atoms. The number of nitro groups is 1. The van der Waals surface area contributed by atoms with Gasteiger partial charge in [0.1, 0.15) is 0 Å². The van der Waals surface area contributed by atoms with Crippen LogP contribution < -0.4 is 9.64 Å². The van der Waals surface area contributed by atoms with Gasteiger partial charge < -0.3 is 19.1 Å². The van der Waals surface area contributed by atoms with Gasteiger partial charge in [0, 0.05) is 30.8 Å². The van der Waals surface area contributed by atoms with Gasteiger partial charge in [-0.2, -0.15) is 0 Å². The molecule has 0 bridgehead atoms. The van der Waals surface area contributed by atoms with E-state index < -0.39 is 10.7 Å². The zero-order chi connectivity index (χ0) is 14.9. The summed E-state index contributed by atoms with van der Waals surface area (Å²) in [4.78, 5) is 12.6. The predicted octanol–water partition coefficient (Wildman–Crippen LogP) is 1.95. The van der Waals surface area contributed by atoms with Crippen LogP contribution in [0.5, 0.6) is 5.75 Å². The van der Waals surface area contributed by atoms with Gasteiger partial charge in [-0.1, -0.05) is 0 Å². The van der Waals surface area contributed by atoms with E-state index in [1.807, 2.05) is 0 Å². The number of ether oxygens (including phenoxy) is 3. The van der Waals surface area contributed by atoms with Crippen molar-refractivity contribution < 1.29 is 19.1 Å².